The zero-order chi connectivity index (χ0) is 15.4. The largest absolute Gasteiger partial charge is 0.378 e. The zero-order valence-electron chi connectivity index (χ0n) is 12.8. The molecule has 118 valence electrons. The van der Waals surface area contributed by atoms with Crippen molar-refractivity contribution in [3.05, 3.63) is 24.0 Å². The molecule has 1 amide bonds. The van der Waals surface area contributed by atoms with E-state index in [0.717, 1.165) is 23.6 Å². The second-order valence-corrected chi connectivity index (χ2v) is 5.26. The van der Waals surface area contributed by atoms with Crippen molar-refractivity contribution in [2.45, 2.75) is 19.8 Å². The molecule has 1 N–H and O–H groups in total. The van der Waals surface area contributed by atoms with Gasteiger partial charge >= 0.3 is 0 Å². The van der Waals surface area contributed by atoms with Crippen molar-refractivity contribution in [3.8, 4) is 0 Å². The van der Waals surface area contributed by atoms with Gasteiger partial charge in [0.15, 0.2) is 5.65 Å². The van der Waals surface area contributed by atoms with Gasteiger partial charge in [-0.3, -0.25) is 4.79 Å². The highest BCUT2D eigenvalue weighted by atomic mass is 16.5. The summed E-state index contributed by atoms with van der Waals surface area (Å²) in [6.07, 6.45) is 3.06. The summed E-state index contributed by atoms with van der Waals surface area (Å²) in [6, 6.07) is 3.86. The summed E-state index contributed by atoms with van der Waals surface area (Å²) in [4.78, 5) is 18.5. The maximum Gasteiger partial charge on any atom is 0.224 e. The predicted molar refractivity (Wildman–Crippen MR) is 82.9 cm³/mol. The maximum absolute atomic E-state index is 12.1. The second kappa shape index (κ2) is 6.74. The molecule has 7 heteroatoms. The first-order valence-electron chi connectivity index (χ1n) is 7.71. The van der Waals surface area contributed by atoms with E-state index < -0.39 is 0 Å². The van der Waals surface area contributed by atoms with Gasteiger partial charge < -0.3 is 15.0 Å². The number of anilines is 1. The van der Waals surface area contributed by atoms with Gasteiger partial charge in [0.1, 0.15) is 5.82 Å². The number of ether oxygens (including phenoxy) is 1. The third-order valence-electron chi connectivity index (χ3n) is 3.78. The molecule has 3 rings (SSSR count). The molecule has 0 aliphatic carbocycles. The van der Waals surface area contributed by atoms with Crippen molar-refractivity contribution >= 4 is 17.4 Å². The minimum Gasteiger partial charge on any atom is -0.378 e. The Bertz CT molecular complexity index is 648. The van der Waals surface area contributed by atoms with Gasteiger partial charge in [-0.15, -0.1) is 0 Å². The molecule has 22 heavy (non-hydrogen) atoms. The molecule has 0 aromatic carbocycles. The van der Waals surface area contributed by atoms with E-state index in [9.17, 15) is 4.79 Å². The minimum absolute atomic E-state index is 0.164. The SMILES string of the molecule is CCc1cc(NCCC(=O)N2CCOCC2)n2nccc2n1. The van der Waals surface area contributed by atoms with E-state index in [2.05, 4.69) is 22.3 Å². The fraction of sp³-hybridized carbons (Fsp3) is 0.533. The highest BCUT2D eigenvalue weighted by Crippen LogP contribution is 2.13. The third-order valence-corrected chi connectivity index (χ3v) is 3.78. The second-order valence-electron chi connectivity index (χ2n) is 5.26. The molecule has 0 saturated carbocycles. The standard InChI is InChI=1S/C15H21N5O2/c1-2-12-11-14(20-13(18-12)3-6-17-20)16-5-4-15(21)19-7-9-22-10-8-19/h3,6,11,16H,2,4-5,7-10H2,1H3. The molecule has 1 fully saturated rings. The van der Waals surface area contributed by atoms with Crippen LogP contribution < -0.4 is 5.32 Å². The van der Waals surface area contributed by atoms with Crippen molar-refractivity contribution in [3.63, 3.8) is 0 Å². The summed E-state index contributed by atoms with van der Waals surface area (Å²) in [6.45, 7) is 5.31. The Morgan fingerprint density at radius 2 is 2.23 bits per heavy atom. The van der Waals surface area contributed by atoms with Crippen LogP contribution in [-0.4, -0.2) is 58.3 Å². The molecule has 0 spiro atoms. The van der Waals surface area contributed by atoms with E-state index in [1.807, 2.05) is 17.0 Å². The van der Waals surface area contributed by atoms with Crippen LogP contribution in [0.2, 0.25) is 0 Å². The lowest BCUT2D eigenvalue weighted by Crippen LogP contribution is -2.41. The number of nitrogens with zero attached hydrogens (tertiary/aromatic N) is 4. The van der Waals surface area contributed by atoms with E-state index >= 15 is 0 Å². The summed E-state index contributed by atoms with van der Waals surface area (Å²) < 4.78 is 7.02. The molecule has 7 nitrogen and oxygen atoms in total. The monoisotopic (exact) mass is 303 g/mol. The number of nitrogens with one attached hydrogen (secondary N) is 1. The highest BCUT2D eigenvalue weighted by molar-refractivity contribution is 5.76. The predicted octanol–water partition coefficient (Wildman–Crippen LogP) is 0.952. The Balaban J connectivity index is 1.61. The van der Waals surface area contributed by atoms with Crippen LogP contribution in [-0.2, 0) is 16.0 Å². The van der Waals surface area contributed by atoms with Gasteiger partial charge in [0, 0.05) is 43.9 Å². The van der Waals surface area contributed by atoms with Crippen LogP contribution in [0.15, 0.2) is 18.3 Å². The first-order valence-corrected chi connectivity index (χ1v) is 7.71. The molecule has 1 saturated heterocycles. The lowest BCUT2D eigenvalue weighted by atomic mass is 10.3. The summed E-state index contributed by atoms with van der Waals surface area (Å²) in [7, 11) is 0. The highest BCUT2D eigenvalue weighted by Gasteiger charge is 2.16. The molecule has 1 aliphatic heterocycles. The average Bonchev–Trinajstić information content (AvgIpc) is 3.04. The van der Waals surface area contributed by atoms with E-state index in [1.54, 1.807) is 10.7 Å². The number of rotatable bonds is 5. The Kier molecular flexibility index (Phi) is 4.53. The van der Waals surface area contributed by atoms with Gasteiger partial charge in [-0.1, -0.05) is 6.92 Å². The van der Waals surface area contributed by atoms with Gasteiger partial charge in [0.2, 0.25) is 5.91 Å². The summed E-state index contributed by atoms with van der Waals surface area (Å²) in [5, 5.41) is 7.56. The Morgan fingerprint density at radius 3 is 3.00 bits per heavy atom. The normalized spacial score (nSPS) is 15.2. The van der Waals surface area contributed by atoms with Gasteiger partial charge in [0.25, 0.3) is 0 Å². The van der Waals surface area contributed by atoms with Gasteiger partial charge in [-0.25, -0.2) is 4.98 Å². The van der Waals surface area contributed by atoms with Crippen LogP contribution in [0, 0.1) is 0 Å². The Morgan fingerprint density at radius 1 is 1.41 bits per heavy atom. The van der Waals surface area contributed by atoms with E-state index in [-0.39, 0.29) is 5.91 Å². The first-order chi connectivity index (χ1) is 10.8. The molecule has 0 unspecified atom stereocenters. The van der Waals surface area contributed by atoms with Crippen molar-refractivity contribution in [2.75, 3.05) is 38.2 Å². The fourth-order valence-corrected chi connectivity index (χ4v) is 2.54. The number of morpholine rings is 1. The van der Waals surface area contributed by atoms with Crippen LogP contribution >= 0.6 is 0 Å². The molecule has 1 aliphatic rings. The van der Waals surface area contributed by atoms with Crippen LogP contribution in [0.25, 0.3) is 5.65 Å². The Labute approximate surface area is 129 Å². The first kappa shape index (κ1) is 14.8. The van der Waals surface area contributed by atoms with Gasteiger partial charge in [0.05, 0.1) is 19.4 Å². The number of hydrogen-bond donors (Lipinski definition) is 1. The van der Waals surface area contributed by atoms with E-state index in [4.69, 9.17) is 4.74 Å². The van der Waals surface area contributed by atoms with Crippen LogP contribution in [0.4, 0.5) is 5.82 Å². The Hall–Kier alpha value is -2.15. The van der Waals surface area contributed by atoms with Crippen LogP contribution in [0.5, 0.6) is 0 Å². The quantitative estimate of drug-likeness (QED) is 0.890. The van der Waals surface area contributed by atoms with Crippen molar-refractivity contribution in [1.29, 1.82) is 0 Å². The van der Waals surface area contributed by atoms with E-state index in [0.29, 0.717) is 39.3 Å². The lowest BCUT2D eigenvalue weighted by Gasteiger charge is -2.26. The van der Waals surface area contributed by atoms with Gasteiger partial charge in [-0.05, 0) is 6.42 Å². The number of amides is 1. The minimum atomic E-state index is 0.164. The van der Waals surface area contributed by atoms with Crippen LogP contribution in [0.3, 0.4) is 0 Å². The van der Waals surface area contributed by atoms with Gasteiger partial charge in [-0.2, -0.15) is 9.61 Å². The molecule has 2 aromatic rings. The van der Waals surface area contributed by atoms with Crippen molar-refractivity contribution in [2.24, 2.45) is 0 Å². The fourth-order valence-electron chi connectivity index (χ4n) is 2.54. The molecule has 3 heterocycles. The lowest BCUT2D eigenvalue weighted by molar-refractivity contribution is -0.134. The number of aryl methyl sites for hydroxylation is 1. The average molecular weight is 303 g/mol. The molecule has 0 atom stereocenters. The topological polar surface area (TPSA) is 71.8 Å². The summed E-state index contributed by atoms with van der Waals surface area (Å²) in [5.74, 6) is 1.04. The summed E-state index contributed by atoms with van der Waals surface area (Å²) in [5.41, 5.74) is 1.83. The third kappa shape index (κ3) is 3.19. The number of fused-ring (bicyclic) bond motifs is 1. The maximum atomic E-state index is 12.1. The molecule has 2 aromatic heterocycles. The zero-order valence-corrected chi connectivity index (χ0v) is 12.8. The van der Waals surface area contributed by atoms with Crippen molar-refractivity contribution < 1.29 is 9.53 Å². The molecular weight excluding hydrogens is 282 g/mol. The van der Waals surface area contributed by atoms with Crippen LogP contribution in [0.1, 0.15) is 19.0 Å². The number of aromatic nitrogens is 3. The number of carbonyl (C=O) groups is 1. The number of carbonyl (C=O) groups excluding carboxylic acids is 1. The summed E-state index contributed by atoms with van der Waals surface area (Å²) >= 11 is 0. The molecular formula is C15H21N5O2. The molecule has 0 radical (unpaired) electrons. The van der Waals surface area contributed by atoms with Crippen molar-refractivity contribution in [1.82, 2.24) is 19.5 Å². The smallest absolute Gasteiger partial charge is 0.224 e. The van der Waals surface area contributed by atoms with E-state index in [1.165, 1.54) is 0 Å². The number of hydrogen-bond acceptors (Lipinski definition) is 5. The molecule has 0 bridgehead atoms.